The van der Waals surface area contributed by atoms with E-state index < -0.39 is 0 Å². The quantitative estimate of drug-likeness (QED) is 0.602. The highest BCUT2D eigenvalue weighted by atomic mass is 16.5. The van der Waals surface area contributed by atoms with Gasteiger partial charge >= 0.3 is 0 Å². The number of nitrogens with one attached hydrogen (secondary N) is 2. The van der Waals surface area contributed by atoms with Gasteiger partial charge in [-0.1, -0.05) is 19.4 Å². The van der Waals surface area contributed by atoms with Gasteiger partial charge in [0, 0.05) is 19.0 Å². The lowest BCUT2D eigenvalue weighted by Gasteiger charge is -2.19. The number of ether oxygens (including phenoxy) is 3. The molecular formula is C25H32N2O5. The van der Waals surface area contributed by atoms with E-state index in [1.165, 1.54) is 6.92 Å². The van der Waals surface area contributed by atoms with Crippen LogP contribution in [0.15, 0.2) is 29.1 Å². The fraction of sp³-hybridized carbons (Fsp3) is 0.440. The van der Waals surface area contributed by atoms with Gasteiger partial charge in [-0.05, 0) is 54.2 Å². The molecular weight excluding hydrogens is 408 g/mol. The molecule has 1 atom stereocenters. The largest absolute Gasteiger partial charge is 0.493 e. The average molecular weight is 441 g/mol. The molecule has 1 aliphatic carbocycles. The molecule has 0 saturated carbocycles. The van der Waals surface area contributed by atoms with Crippen LogP contribution in [0.4, 0.5) is 5.69 Å². The molecule has 0 aromatic heterocycles. The number of anilines is 1. The van der Waals surface area contributed by atoms with Gasteiger partial charge in [0.05, 0.1) is 33.1 Å². The highest BCUT2D eigenvalue weighted by Crippen LogP contribution is 2.50. The molecule has 2 aromatic carbocycles. The summed E-state index contributed by atoms with van der Waals surface area (Å²) in [7, 11) is 4.75. The van der Waals surface area contributed by atoms with Crippen molar-refractivity contribution in [1.82, 2.24) is 5.32 Å². The van der Waals surface area contributed by atoms with Gasteiger partial charge in [-0.3, -0.25) is 9.59 Å². The molecule has 7 nitrogen and oxygen atoms in total. The third-order valence-corrected chi connectivity index (χ3v) is 5.76. The van der Waals surface area contributed by atoms with Crippen LogP contribution in [0.5, 0.6) is 17.2 Å². The molecule has 0 heterocycles. The van der Waals surface area contributed by atoms with E-state index in [1.807, 2.05) is 18.2 Å². The predicted molar refractivity (Wildman–Crippen MR) is 126 cm³/mol. The molecule has 1 aliphatic rings. The molecule has 0 radical (unpaired) electrons. The van der Waals surface area contributed by atoms with Gasteiger partial charge in [0.2, 0.25) is 17.1 Å². The molecule has 0 saturated heterocycles. The fourth-order valence-corrected chi connectivity index (χ4v) is 4.25. The van der Waals surface area contributed by atoms with E-state index in [9.17, 15) is 9.59 Å². The number of amides is 1. The zero-order valence-electron chi connectivity index (χ0n) is 19.5. The predicted octanol–water partition coefficient (Wildman–Crippen LogP) is 4.08. The van der Waals surface area contributed by atoms with Crippen molar-refractivity contribution in [3.8, 4) is 28.4 Å². The number of hydrogen-bond donors (Lipinski definition) is 2. The molecule has 7 heteroatoms. The van der Waals surface area contributed by atoms with Crippen molar-refractivity contribution in [3.63, 3.8) is 0 Å². The first-order chi connectivity index (χ1) is 15.4. The van der Waals surface area contributed by atoms with E-state index in [0.717, 1.165) is 41.6 Å². The normalized spacial score (nSPS) is 14.5. The van der Waals surface area contributed by atoms with Crippen LogP contribution in [0.2, 0.25) is 0 Å². The first kappa shape index (κ1) is 23.4. The number of carbonyl (C=O) groups excluding carboxylic acids is 1. The van der Waals surface area contributed by atoms with Gasteiger partial charge in [-0.25, -0.2) is 0 Å². The van der Waals surface area contributed by atoms with Crippen LogP contribution in [0.25, 0.3) is 11.1 Å². The number of aryl methyl sites for hydroxylation is 1. The lowest BCUT2D eigenvalue weighted by Crippen LogP contribution is -2.26. The van der Waals surface area contributed by atoms with Crippen molar-refractivity contribution in [2.24, 2.45) is 0 Å². The molecule has 0 aliphatic heterocycles. The molecule has 3 rings (SSSR count). The summed E-state index contributed by atoms with van der Waals surface area (Å²) in [4.78, 5) is 25.0. The van der Waals surface area contributed by atoms with Gasteiger partial charge in [0.1, 0.15) is 0 Å². The minimum atomic E-state index is -0.305. The lowest BCUT2D eigenvalue weighted by molar-refractivity contribution is -0.119. The van der Waals surface area contributed by atoms with Crippen molar-refractivity contribution in [1.29, 1.82) is 0 Å². The molecule has 1 amide bonds. The number of hydrogen-bond acceptors (Lipinski definition) is 6. The Morgan fingerprint density at radius 3 is 2.47 bits per heavy atom. The molecule has 2 N–H and O–H groups in total. The van der Waals surface area contributed by atoms with Gasteiger partial charge in [0.15, 0.2) is 11.5 Å². The van der Waals surface area contributed by atoms with E-state index in [1.54, 1.807) is 27.4 Å². The lowest BCUT2D eigenvalue weighted by atomic mass is 9.95. The Labute approximate surface area is 189 Å². The highest BCUT2D eigenvalue weighted by Gasteiger charge is 2.29. The van der Waals surface area contributed by atoms with Crippen LogP contribution in [0, 0.1) is 0 Å². The summed E-state index contributed by atoms with van der Waals surface area (Å²) in [6, 6.07) is 7.02. The topological polar surface area (TPSA) is 85.9 Å². The highest BCUT2D eigenvalue weighted by molar-refractivity contribution is 5.83. The molecule has 2 aromatic rings. The number of methoxy groups -OCH3 is 3. The summed E-state index contributed by atoms with van der Waals surface area (Å²) in [5.41, 5.74) is 3.87. The molecule has 172 valence electrons. The SMILES string of the molecule is CCCCNc1ccc2c(cc1=O)[C@H](NC(C)=O)CCc1cc(OC)c(OC)c(OC)c1-2. The van der Waals surface area contributed by atoms with Gasteiger partial charge in [-0.15, -0.1) is 0 Å². The smallest absolute Gasteiger partial charge is 0.217 e. The van der Waals surface area contributed by atoms with Crippen molar-refractivity contribution in [2.45, 2.75) is 45.6 Å². The average Bonchev–Trinajstić information content (AvgIpc) is 3.02. The maximum atomic E-state index is 13.1. The van der Waals surface area contributed by atoms with Crippen LogP contribution in [0.3, 0.4) is 0 Å². The van der Waals surface area contributed by atoms with Crippen molar-refractivity contribution >= 4 is 11.6 Å². The maximum Gasteiger partial charge on any atom is 0.217 e. The molecule has 0 fully saturated rings. The summed E-state index contributed by atoms with van der Waals surface area (Å²) in [5, 5.41) is 6.26. The fourth-order valence-electron chi connectivity index (χ4n) is 4.25. The second-order valence-corrected chi connectivity index (χ2v) is 7.88. The molecule has 0 spiro atoms. The van der Waals surface area contributed by atoms with E-state index >= 15 is 0 Å². The second-order valence-electron chi connectivity index (χ2n) is 7.88. The summed E-state index contributed by atoms with van der Waals surface area (Å²) < 4.78 is 16.9. The first-order valence-electron chi connectivity index (χ1n) is 11.0. The van der Waals surface area contributed by atoms with Crippen molar-refractivity contribution < 1.29 is 19.0 Å². The van der Waals surface area contributed by atoms with Crippen LogP contribution < -0.4 is 30.3 Å². The minimum absolute atomic E-state index is 0.111. The Kier molecular flexibility index (Phi) is 7.62. The van der Waals surface area contributed by atoms with Gasteiger partial charge < -0.3 is 24.8 Å². The Balaban J connectivity index is 2.31. The standard InChI is InChI=1S/C25H32N2O5/c1-6-7-12-26-20-11-9-17-18(14-21(20)29)19(27-15(2)28)10-8-16-13-22(30-3)24(31-4)25(32-5)23(16)17/h9,11,13-14,19H,6-8,10,12H2,1-5H3,(H,26,29)(H,27,28)/t19-/m1/s1. The number of fused-ring (bicyclic) bond motifs is 3. The third-order valence-electron chi connectivity index (χ3n) is 5.76. The van der Waals surface area contributed by atoms with Crippen molar-refractivity contribution in [3.05, 3.63) is 45.6 Å². The monoisotopic (exact) mass is 440 g/mol. The molecule has 0 unspecified atom stereocenters. The van der Waals surface area contributed by atoms with E-state index in [0.29, 0.717) is 35.8 Å². The number of carbonyl (C=O) groups is 1. The molecule has 0 bridgehead atoms. The van der Waals surface area contributed by atoms with Crippen LogP contribution in [-0.2, 0) is 11.2 Å². The first-order valence-corrected chi connectivity index (χ1v) is 11.0. The van der Waals surface area contributed by atoms with E-state index in [2.05, 4.69) is 17.6 Å². The minimum Gasteiger partial charge on any atom is -0.493 e. The summed E-state index contributed by atoms with van der Waals surface area (Å²) >= 11 is 0. The Hall–Kier alpha value is -3.22. The maximum absolute atomic E-state index is 13.1. The van der Waals surface area contributed by atoms with Crippen LogP contribution in [0.1, 0.15) is 50.3 Å². The van der Waals surface area contributed by atoms with Crippen LogP contribution >= 0.6 is 0 Å². The summed E-state index contributed by atoms with van der Waals surface area (Å²) in [6.07, 6.45) is 3.32. The second kappa shape index (κ2) is 10.4. The number of rotatable bonds is 8. The van der Waals surface area contributed by atoms with Crippen molar-refractivity contribution in [2.75, 3.05) is 33.2 Å². The Morgan fingerprint density at radius 2 is 1.84 bits per heavy atom. The van der Waals surface area contributed by atoms with Crippen LogP contribution in [-0.4, -0.2) is 33.8 Å². The third kappa shape index (κ3) is 4.66. The number of unbranched alkanes of at least 4 members (excludes halogenated alkanes) is 1. The van der Waals surface area contributed by atoms with Gasteiger partial charge in [-0.2, -0.15) is 0 Å². The summed E-state index contributed by atoms with van der Waals surface area (Å²) in [6.45, 7) is 4.32. The molecule has 32 heavy (non-hydrogen) atoms. The Morgan fingerprint density at radius 1 is 1.09 bits per heavy atom. The Bertz CT molecular complexity index is 1050. The zero-order chi connectivity index (χ0) is 23.3. The van der Waals surface area contributed by atoms with E-state index in [-0.39, 0.29) is 17.4 Å². The zero-order valence-corrected chi connectivity index (χ0v) is 19.5. The van der Waals surface area contributed by atoms with E-state index in [4.69, 9.17) is 14.2 Å². The summed E-state index contributed by atoms with van der Waals surface area (Å²) in [5.74, 6) is 1.47. The van der Waals surface area contributed by atoms with Gasteiger partial charge in [0.25, 0.3) is 0 Å². The number of benzene rings is 1.